The Morgan fingerprint density at radius 2 is 2.14 bits per heavy atom. The van der Waals surface area contributed by atoms with Crippen LogP contribution in [0.5, 0.6) is 0 Å². The molecule has 0 radical (unpaired) electrons. The molecule has 1 N–H and O–H groups in total. The van der Waals surface area contributed by atoms with Gasteiger partial charge in [0.05, 0.1) is 5.60 Å². The van der Waals surface area contributed by atoms with Gasteiger partial charge in [0.25, 0.3) is 0 Å². The lowest BCUT2D eigenvalue weighted by Crippen LogP contribution is -2.36. The molecule has 2 aromatic rings. The minimum absolute atomic E-state index is 0.558. The summed E-state index contributed by atoms with van der Waals surface area (Å²) >= 11 is 1.59. The molecule has 0 aromatic carbocycles. The molecule has 0 spiro atoms. The van der Waals surface area contributed by atoms with Gasteiger partial charge in [0.2, 0.25) is 0 Å². The van der Waals surface area contributed by atoms with Crippen LogP contribution in [0.3, 0.4) is 0 Å². The highest BCUT2D eigenvalue weighted by Crippen LogP contribution is 2.35. The van der Waals surface area contributed by atoms with Gasteiger partial charge in [-0.1, -0.05) is 18.7 Å². The lowest BCUT2D eigenvalue weighted by atomic mass is 9.81. The molecule has 6 heteroatoms. The van der Waals surface area contributed by atoms with Crippen LogP contribution < -0.4 is 0 Å². The van der Waals surface area contributed by atoms with Crippen molar-refractivity contribution in [3.05, 3.63) is 24.5 Å². The van der Waals surface area contributed by atoms with Crippen molar-refractivity contribution in [3.8, 4) is 11.4 Å². The summed E-state index contributed by atoms with van der Waals surface area (Å²) in [6.45, 7) is 2.26. The summed E-state index contributed by atoms with van der Waals surface area (Å²) in [6, 6.07) is 3.87. The first-order chi connectivity index (χ1) is 10.6. The molecule has 1 fully saturated rings. The highest BCUT2D eigenvalue weighted by molar-refractivity contribution is 7.99. The summed E-state index contributed by atoms with van der Waals surface area (Å²) in [5, 5.41) is 20.0. The molecule has 118 valence electrons. The Hall–Kier alpha value is -1.40. The second-order valence-electron chi connectivity index (χ2n) is 6.30. The summed E-state index contributed by atoms with van der Waals surface area (Å²) < 4.78 is 1.97. The van der Waals surface area contributed by atoms with Crippen LogP contribution >= 0.6 is 11.8 Å². The quantitative estimate of drug-likeness (QED) is 0.878. The number of hydrogen-bond donors (Lipinski definition) is 1. The fraction of sp³-hybridized carbons (Fsp3) is 0.562. The summed E-state index contributed by atoms with van der Waals surface area (Å²) in [7, 11) is 1.96. The van der Waals surface area contributed by atoms with Crippen molar-refractivity contribution in [2.24, 2.45) is 13.0 Å². The molecule has 2 heterocycles. The normalized spacial score (nSPS) is 25.3. The molecule has 3 rings (SSSR count). The predicted molar refractivity (Wildman–Crippen MR) is 87.5 cm³/mol. The molecule has 1 aliphatic rings. The van der Waals surface area contributed by atoms with Gasteiger partial charge < -0.3 is 9.67 Å². The third-order valence-corrected chi connectivity index (χ3v) is 5.72. The highest BCUT2D eigenvalue weighted by atomic mass is 32.2. The third kappa shape index (κ3) is 3.33. The number of thioether (sulfide) groups is 1. The van der Waals surface area contributed by atoms with Gasteiger partial charge in [0.15, 0.2) is 11.0 Å². The molecule has 1 aliphatic carbocycles. The van der Waals surface area contributed by atoms with E-state index in [9.17, 15) is 5.11 Å². The Labute approximate surface area is 135 Å². The van der Waals surface area contributed by atoms with Crippen molar-refractivity contribution in [3.63, 3.8) is 0 Å². The number of aliphatic hydroxyl groups is 1. The fourth-order valence-corrected chi connectivity index (χ4v) is 3.89. The fourth-order valence-electron chi connectivity index (χ4n) is 2.83. The van der Waals surface area contributed by atoms with Crippen LogP contribution in [0.2, 0.25) is 0 Å². The number of rotatable bonds is 4. The monoisotopic (exact) mass is 318 g/mol. The topological polar surface area (TPSA) is 63.8 Å². The lowest BCUT2D eigenvalue weighted by molar-refractivity contribution is 0.0149. The maximum Gasteiger partial charge on any atom is 0.191 e. The Kier molecular flexibility index (Phi) is 4.49. The molecule has 1 saturated carbocycles. The van der Waals surface area contributed by atoms with Crippen molar-refractivity contribution in [2.75, 3.05) is 5.75 Å². The van der Waals surface area contributed by atoms with E-state index in [1.165, 1.54) is 0 Å². The number of aromatic nitrogens is 4. The summed E-state index contributed by atoms with van der Waals surface area (Å²) in [5.41, 5.74) is 0.395. The van der Waals surface area contributed by atoms with E-state index in [1.807, 2.05) is 23.7 Å². The molecule has 0 unspecified atom stereocenters. The van der Waals surface area contributed by atoms with E-state index >= 15 is 0 Å². The summed E-state index contributed by atoms with van der Waals surface area (Å²) in [4.78, 5) is 4.12. The zero-order chi connectivity index (χ0) is 15.6. The SMILES string of the molecule is CC1CCC(O)(CSc2nnc(-c3cccnc3)n2C)CC1. The Morgan fingerprint density at radius 1 is 1.36 bits per heavy atom. The second kappa shape index (κ2) is 6.38. The van der Waals surface area contributed by atoms with Gasteiger partial charge in [0, 0.05) is 30.8 Å². The predicted octanol–water partition coefficient (Wildman–Crippen LogP) is 2.91. The molecule has 0 saturated heterocycles. The molecule has 0 atom stereocenters. The first-order valence-corrected chi connectivity index (χ1v) is 8.71. The standard InChI is InChI=1S/C16H22N4OS/c1-12-5-7-16(21,8-6-12)11-22-15-19-18-14(20(15)2)13-4-3-9-17-10-13/h3-4,9-10,12,21H,5-8,11H2,1-2H3. The first kappa shape index (κ1) is 15.5. The van der Waals surface area contributed by atoms with Crippen molar-refractivity contribution in [1.82, 2.24) is 19.7 Å². The van der Waals surface area contributed by atoms with Gasteiger partial charge in [-0.25, -0.2) is 0 Å². The van der Waals surface area contributed by atoms with E-state index in [4.69, 9.17) is 0 Å². The zero-order valence-corrected chi connectivity index (χ0v) is 13.9. The van der Waals surface area contributed by atoms with E-state index in [1.54, 1.807) is 24.2 Å². The van der Waals surface area contributed by atoms with E-state index in [0.29, 0.717) is 5.75 Å². The minimum atomic E-state index is -0.558. The van der Waals surface area contributed by atoms with Gasteiger partial charge >= 0.3 is 0 Å². The van der Waals surface area contributed by atoms with Crippen LogP contribution in [0.25, 0.3) is 11.4 Å². The van der Waals surface area contributed by atoms with Gasteiger partial charge in [-0.15, -0.1) is 10.2 Å². The van der Waals surface area contributed by atoms with Crippen LogP contribution in [-0.2, 0) is 7.05 Å². The number of pyridine rings is 1. The second-order valence-corrected chi connectivity index (χ2v) is 7.24. The van der Waals surface area contributed by atoms with E-state index in [2.05, 4.69) is 22.1 Å². The zero-order valence-electron chi connectivity index (χ0n) is 13.1. The van der Waals surface area contributed by atoms with Crippen molar-refractivity contribution in [1.29, 1.82) is 0 Å². The van der Waals surface area contributed by atoms with Crippen molar-refractivity contribution in [2.45, 2.75) is 43.4 Å². The molecular weight excluding hydrogens is 296 g/mol. The van der Waals surface area contributed by atoms with Crippen molar-refractivity contribution >= 4 is 11.8 Å². The molecule has 22 heavy (non-hydrogen) atoms. The Morgan fingerprint density at radius 3 is 2.82 bits per heavy atom. The van der Waals surface area contributed by atoms with Crippen LogP contribution in [-0.4, -0.2) is 36.2 Å². The molecule has 0 amide bonds. The maximum absolute atomic E-state index is 10.7. The average Bonchev–Trinajstić information content (AvgIpc) is 2.91. The van der Waals surface area contributed by atoms with Gasteiger partial charge in [0.1, 0.15) is 0 Å². The smallest absolute Gasteiger partial charge is 0.191 e. The Bertz CT molecular complexity index is 620. The van der Waals surface area contributed by atoms with E-state index < -0.39 is 5.60 Å². The van der Waals surface area contributed by atoms with Crippen LogP contribution in [0.1, 0.15) is 32.6 Å². The summed E-state index contributed by atoms with van der Waals surface area (Å²) in [6.07, 6.45) is 7.51. The summed E-state index contributed by atoms with van der Waals surface area (Å²) in [5.74, 6) is 2.22. The van der Waals surface area contributed by atoms with Gasteiger partial charge in [-0.05, 0) is 43.7 Å². The minimum Gasteiger partial charge on any atom is -0.389 e. The van der Waals surface area contributed by atoms with Gasteiger partial charge in [-0.3, -0.25) is 4.98 Å². The van der Waals surface area contributed by atoms with E-state index in [-0.39, 0.29) is 0 Å². The maximum atomic E-state index is 10.7. The van der Waals surface area contributed by atoms with Crippen molar-refractivity contribution < 1.29 is 5.11 Å². The first-order valence-electron chi connectivity index (χ1n) is 7.72. The Balaban J connectivity index is 1.68. The molecule has 0 aliphatic heterocycles. The van der Waals surface area contributed by atoms with Crippen LogP contribution in [0.4, 0.5) is 0 Å². The van der Waals surface area contributed by atoms with Crippen LogP contribution in [0, 0.1) is 5.92 Å². The molecular formula is C16H22N4OS. The average molecular weight is 318 g/mol. The number of hydrogen-bond acceptors (Lipinski definition) is 5. The number of nitrogens with zero attached hydrogens (tertiary/aromatic N) is 4. The third-order valence-electron chi connectivity index (χ3n) is 4.43. The van der Waals surface area contributed by atoms with Crippen LogP contribution in [0.15, 0.2) is 29.7 Å². The van der Waals surface area contributed by atoms with E-state index in [0.717, 1.165) is 48.1 Å². The highest BCUT2D eigenvalue weighted by Gasteiger charge is 2.32. The molecule has 2 aromatic heterocycles. The molecule has 5 nitrogen and oxygen atoms in total. The largest absolute Gasteiger partial charge is 0.389 e. The van der Waals surface area contributed by atoms with Gasteiger partial charge in [-0.2, -0.15) is 0 Å². The molecule has 0 bridgehead atoms. The lowest BCUT2D eigenvalue weighted by Gasteiger charge is -2.34.